The maximum absolute atomic E-state index is 13.1. The van der Waals surface area contributed by atoms with Crippen molar-refractivity contribution in [2.75, 3.05) is 18.5 Å². The number of halogens is 1. The minimum absolute atomic E-state index is 0.114. The number of hydrogen-bond donors (Lipinski definition) is 2. The second kappa shape index (κ2) is 6.52. The highest BCUT2D eigenvalue weighted by molar-refractivity contribution is 5.74. The van der Waals surface area contributed by atoms with E-state index in [4.69, 9.17) is 5.11 Å². The summed E-state index contributed by atoms with van der Waals surface area (Å²) in [6.45, 7) is 0.385. The largest absolute Gasteiger partial charge is 0.395 e. The van der Waals surface area contributed by atoms with E-state index in [1.165, 1.54) is 30.8 Å². The van der Waals surface area contributed by atoms with E-state index in [1.807, 2.05) is 0 Å². The number of rotatable bonds is 5. The maximum Gasteiger partial charge on any atom is 0.332 e. The van der Waals surface area contributed by atoms with Crippen molar-refractivity contribution in [1.29, 1.82) is 0 Å². The van der Waals surface area contributed by atoms with Crippen LogP contribution in [0.5, 0.6) is 0 Å². The van der Waals surface area contributed by atoms with Gasteiger partial charge in [-0.2, -0.15) is 4.98 Å². The standard InChI is InChI=1S/C16H18FN5O3/c1-20-13-12(14(24)21(2)16(20)25)22(15(19-13)18-7-8-23)9-10-3-5-11(17)6-4-10/h3-6,23H,7-9H2,1-2H3,(H,18,19). The molecule has 0 saturated carbocycles. The number of aliphatic hydroxyl groups excluding tert-OH is 1. The van der Waals surface area contributed by atoms with Gasteiger partial charge in [-0.15, -0.1) is 0 Å². The van der Waals surface area contributed by atoms with Crippen molar-refractivity contribution < 1.29 is 9.50 Å². The second-order valence-corrected chi connectivity index (χ2v) is 5.68. The smallest absolute Gasteiger partial charge is 0.332 e. The molecular formula is C16H18FN5O3. The number of imidazole rings is 1. The molecule has 0 radical (unpaired) electrons. The zero-order valence-electron chi connectivity index (χ0n) is 13.9. The summed E-state index contributed by atoms with van der Waals surface area (Å²) in [5.74, 6) is 0.00264. The molecule has 0 bridgehead atoms. The average molecular weight is 347 g/mol. The molecule has 0 amide bonds. The molecule has 0 unspecified atom stereocenters. The van der Waals surface area contributed by atoms with Gasteiger partial charge in [0, 0.05) is 20.6 Å². The molecule has 2 aromatic heterocycles. The van der Waals surface area contributed by atoms with Gasteiger partial charge in [0.1, 0.15) is 5.82 Å². The molecule has 25 heavy (non-hydrogen) atoms. The zero-order chi connectivity index (χ0) is 18.1. The van der Waals surface area contributed by atoms with Crippen molar-refractivity contribution in [3.05, 3.63) is 56.5 Å². The van der Waals surface area contributed by atoms with Crippen LogP contribution in [0.1, 0.15) is 5.56 Å². The summed E-state index contributed by atoms with van der Waals surface area (Å²) in [6, 6.07) is 5.90. The highest BCUT2D eigenvalue weighted by atomic mass is 19.1. The Morgan fingerprint density at radius 3 is 2.48 bits per heavy atom. The van der Waals surface area contributed by atoms with Crippen LogP contribution in [-0.2, 0) is 20.6 Å². The summed E-state index contributed by atoms with van der Waals surface area (Å²) >= 11 is 0. The first-order valence-electron chi connectivity index (χ1n) is 7.69. The molecule has 2 heterocycles. The van der Waals surface area contributed by atoms with Crippen molar-refractivity contribution in [3.63, 3.8) is 0 Å². The quantitative estimate of drug-likeness (QED) is 0.679. The lowest BCUT2D eigenvalue weighted by atomic mass is 10.2. The Morgan fingerprint density at radius 2 is 1.84 bits per heavy atom. The Balaban J connectivity index is 2.24. The Labute approximate surface area is 141 Å². The molecule has 0 aliphatic carbocycles. The van der Waals surface area contributed by atoms with Crippen LogP contribution >= 0.6 is 0 Å². The molecule has 0 saturated heterocycles. The molecular weight excluding hydrogens is 329 g/mol. The van der Waals surface area contributed by atoms with E-state index in [2.05, 4.69) is 10.3 Å². The SMILES string of the molecule is Cn1c(=O)c2c(nc(NCCO)n2Cc2ccc(F)cc2)n(C)c1=O. The number of nitrogens with zero attached hydrogens (tertiary/aromatic N) is 4. The predicted molar refractivity (Wildman–Crippen MR) is 91.3 cm³/mol. The van der Waals surface area contributed by atoms with Gasteiger partial charge >= 0.3 is 5.69 Å². The lowest BCUT2D eigenvalue weighted by Crippen LogP contribution is -2.37. The lowest BCUT2D eigenvalue weighted by molar-refractivity contribution is 0.310. The van der Waals surface area contributed by atoms with Gasteiger partial charge in [-0.05, 0) is 17.7 Å². The monoisotopic (exact) mass is 347 g/mol. The first kappa shape index (κ1) is 16.9. The molecule has 3 aromatic rings. The Kier molecular flexibility index (Phi) is 4.41. The zero-order valence-corrected chi connectivity index (χ0v) is 13.9. The van der Waals surface area contributed by atoms with Crippen LogP contribution in [0.2, 0.25) is 0 Å². The third-order valence-corrected chi connectivity index (χ3v) is 4.00. The van der Waals surface area contributed by atoms with Crippen molar-refractivity contribution in [2.45, 2.75) is 6.54 Å². The van der Waals surface area contributed by atoms with Crippen LogP contribution in [0.4, 0.5) is 10.3 Å². The van der Waals surface area contributed by atoms with E-state index in [1.54, 1.807) is 16.7 Å². The molecule has 3 rings (SSSR count). The highest BCUT2D eigenvalue weighted by Gasteiger charge is 2.19. The number of anilines is 1. The van der Waals surface area contributed by atoms with Gasteiger partial charge in [0.2, 0.25) is 5.95 Å². The number of aliphatic hydroxyl groups is 1. The summed E-state index contributed by atoms with van der Waals surface area (Å²) in [5, 5.41) is 12.0. The van der Waals surface area contributed by atoms with Crippen LogP contribution < -0.4 is 16.6 Å². The molecule has 9 heteroatoms. The Bertz CT molecular complexity index is 1030. The van der Waals surface area contributed by atoms with E-state index in [0.29, 0.717) is 5.95 Å². The minimum atomic E-state index is -0.474. The van der Waals surface area contributed by atoms with Gasteiger partial charge in [-0.1, -0.05) is 12.1 Å². The third-order valence-electron chi connectivity index (χ3n) is 4.00. The third kappa shape index (κ3) is 2.93. The summed E-state index contributed by atoms with van der Waals surface area (Å²) in [5.41, 5.74) is 0.330. The van der Waals surface area contributed by atoms with Gasteiger partial charge in [0.15, 0.2) is 11.2 Å². The van der Waals surface area contributed by atoms with Crippen LogP contribution in [0, 0.1) is 5.82 Å². The van der Waals surface area contributed by atoms with Gasteiger partial charge in [0.25, 0.3) is 5.56 Å². The van der Waals surface area contributed by atoms with E-state index in [0.717, 1.165) is 10.1 Å². The van der Waals surface area contributed by atoms with Crippen molar-refractivity contribution in [3.8, 4) is 0 Å². The van der Waals surface area contributed by atoms with Gasteiger partial charge in [-0.25, -0.2) is 9.18 Å². The molecule has 0 aliphatic heterocycles. The molecule has 132 valence electrons. The van der Waals surface area contributed by atoms with Gasteiger partial charge < -0.3 is 10.4 Å². The van der Waals surface area contributed by atoms with Crippen molar-refractivity contribution >= 4 is 17.1 Å². The Hall–Kier alpha value is -2.94. The van der Waals surface area contributed by atoms with Crippen LogP contribution in [0.15, 0.2) is 33.9 Å². The van der Waals surface area contributed by atoms with E-state index in [-0.39, 0.29) is 36.7 Å². The fourth-order valence-corrected chi connectivity index (χ4v) is 2.68. The fourth-order valence-electron chi connectivity index (χ4n) is 2.68. The highest BCUT2D eigenvalue weighted by Crippen LogP contribution is 2.18. The van der Waals surface area contributed by atoms with E-state index in [9.17, 15) is 14.0 Å². The van der Waals surface area contributed by atoms with E-state index >= 15 is 0 Å². The van der Waals surface area contributed by atoms with Gasteiger partial charge in [0.05, 0.1) is 13.2 Å². The molecule has 8 nitrogen and oxygen atoms in total. The van der Waals surface area contributed by atoms with Crippen molar-refractivity contribution in [1.82, 2.24) is 18.7 Å². The normalized spacial score (nSPS) is 11.2. The number of aromatic nitrogens is 4. The molecule has 0 atom stereocenters. The Morgan fingerprint density at radius 1 is 1.16 bits per heavy atom. The first-order chi connectivity index (χ1) is 11.9. The minimum Gasteiger partial charge on any atom is -0.395 e. The number of fused-ring (bicyclic) bond motifs is 1. The second-order valence-electron chi connectivity index (χ2n) is 5.68. The summed E-state index contributed by atoms with van der Waals surface area (Å²) in [6.07, 6.45) is 0. The van der Waals surface area contributed by atoms with Crippen LogP contribution in [0.3, 0.4) is 0 Å². The molecule has 0 spiro atoms. The predicted octanol–water partition coefficient (Wildman–Crippen LogP) is 0.0253. The number of nitrogens with one attached hydrogen (secondary N) is 1. The van der Waals surface area contributed by atoms with Crippen LogP contribution in [-0.4, -0.2) is 36.9 Å². The lowest BCUT2D eigenvalue weighted by Gasteiger charge is -2.10. The first-order valence-corrected chi connectivity index (χ1v) is 7.69. The maximum atomic E-state index is 13.1. The summed E-state index contributed by atoms with van der Waals surface area (Å²) < 4.78 is 17.1. The number of aryl methyl sites for hydroxylation is 1. The fraction of sp³-hybridized carbons (Fsp3) is 0.312. The number of benzene rings is 1. The topological polar surface area (TPSA) is 94.1 Å². The summed E-state index contributed by atoms with van der Waals surface area (Å²) in [4.78, 5) is 29.1. The van der Waals surface area contributed by atoms with E-state index < -0.39 is 11.2 Å². The number of hydrogen-bond acceptors (Lipinski definition) is 5. The molecule has 0 fully saturated rings. The van der Waals surface area contributed by atoms with Gasteiger partial charge in [-0.3, -0.25) is 18.5 Å². The van der Waals surface area contributed by atoms with Crippen LogP contribution in [0.25, 0.3) is 11.2 Å². The average Bonchev–Trinajstić information content (AvgIpc) is 2.96. The summed E-state index contributed by atoms with van der Waals surface area (Å²) in [7, 11) is 2.94. The molecule has 0 aliphatic rings. The molecule has 2 N–H and O–H groups in total. The van der Waals surface area contributed by atoms with Crippen molar-refractivity contribution in [2.24, 2.45) is 14.1 Å². The molecule has 1 aromatic carbocycles.